The van der Waals surface area contributed by atoms with Gasteiger partial charge in [-0.1, -0.05) is 41.4 Å². The number of benzene rings is 2. The molecule has 0 spiro atoms. The minimum atomic E-state index is -0.711. The molecule has 0 N–H and O–H groups in total. The molecule has 1 atom stereocenters. The van der Waals surface area contributed by atoms with Gasteiger partial charge >= 0.3 is 0 Å². The molecule has 20 heavy (non-hydrogen) atoms. The fourth-order valence-electron chi connectivity index (χ4n) is 1.85. The molecule has 106 valence electrons. The molecule has 0 fully saturated rings. The molecule has 1 unspecified atom stereocenters. The molecule has 5 heteroatoms. The topological polar surface area (TPSA) is 9.23 Å². The van der Waals surface area contributed by atoms with E-state index < -0.39 is 5.38 Å². The van der Waals surface area contributed by atoms with E-state index in [9.17, 15) is 4.39 Å². The largest absolute Gasteiger partial charge is 0.492 e. The Morgan fingerprint density at radius 2 is 1.80 bits per heavy atom. The third-order valence-electron chi connectivity index (χ3n) is 2.80. The molecule has 0 amide bonds. The van der Waals surface area contributed by atoms with Crippen molar-refractivity contribution >= 4 is 34.8 Å². The quantitative estimate of drug-likeness (QED) is 0.637. The Balaban J connectivity index is 2.43. The van der Waals surface area contributed by atoms with Crippen LogP contribution in [-0.4, -0.2) is 6.61 Å². The maximum absolute atomic E-state index is 13.8. The number of hydrogen-bond acceptors (Lipinski definition) is 1. The molecule has 0 aromatic heterocycles. The second-order valence-electron chi connectivity index (χ2n) is 4.12. The second kappa shape index (κ2) is 6.66. The molecule has 0 saturated carbocycles. The van der Waals surface area contributed by atoms with Crippen molar-refractivity contribution in [1.29, 1.82) is 0 Å². The van der Waals surface area contributed by atoms with E-state index in [2.05, 4.69) is 0 Å². The van der Waals surface area contributed by atoms with Crippen molar-refractivity contribution in [3.8, 4) is 5.75 Å². The summed E-state index contributed by atoms with van der Waals surface area (Å²) in [6.07, 6.45) is 0. The number of alkyl halides is 1. The Morgan fingerprint density at radius 1 is 1.10 bits per heavy atom. The van der Waals surface area contributed by atoms with E-state index >= 15 is 0 Å². The summed E-state index contributed by atoms with van der Waals surface area (Å²) < 4.78 is 19.1. The van der Waals surface area contributed by atoms with Crippen LogP contribution in [0.25, 0.3) is 0 Å². The zero-order chi connectivity index (χ0) is 14.7. The normalized spacial score (nSPS) is 12.2. The predicted octanol–water partition coefficient (Wildman–Crippen LogP) is 5.86. The summed E-state index contributed by atoms with van der Waals surface area (Å²) in [5, 5.41) is 0.0752. The fraction of sp³-hybridized carbons (Fsp3) is 0.200. The predicted molar refractivity (Wildman–Crippen MR) is 81.7 cm³/mol. The minimum Gasteiger partial charge on any atom is -0.492 e. The van der Waals surface area contributed by atoms with E-state index in [-0.39, 0.29) is 5.82 Å². The van der Waals surface area contributed by atoms with Crippen LogP contribution in [0.2, 0.25) is 10.0 Å². The molecular weight excluding hydrogens is 322 g/mol. The molecule has 2 aromatic carbocycles. The molecule has 2 aromatic rings. The van der Waals surface area contributed by atoms with Crippen LogP contribution in [0.4, 0.5) is 4.39 Å². The first-order valence-corrected chi connectivity index (χ1v) is 7.24. The number of rotatable bonds is 4. The highest BCUT2D eigenvalue weighted by Crippen LogP contribution is 2.39. The molecule has 0 radical (unpaired) electrons. The van der Waals surface area contributed by atoms with Gasteiger partial charge in [-0.2, -0.15) is 0 Å². The first-order chi connectivity index (χ1) is 9.54. The summed E-state index contributed by atoms with van der Waals surface area (Å²) in [5.74, 6) is 0.105. The van der Waals surface area contributed by atoms with Gasteiger partial charge < -0.3 is 4.74 Å². The maximum atomic E-state index is 13.8. The number of hydrogen-bond donors (Lipinski definition) is 0. The molecule has 1 nitrogen and oxygen atoms in total. The Hall–Kier alpha value is -0.960. The summed E-state index contributed by atoms with van der Waals surface area (Å²) in [6.45, 7) is 2.33. The van der Waals surface area contributed by atoms with E-state index in [1.54, 1.807) is 30.3 Å². The van der Waals surface area contributed by atoms with Crippen molar-refractivity contribution in [2.75, 3.05) is 6.61 Å². The summed E-state index contributed by atoms with van der Waals surface area (Å²) in [5.41, 5.74) is 0.906. The lowest BCUT2D eigenvalue weighted by Crippen LogP contribution is -1.99. The van der Waals surface area contributed by atoms with Gasteiger partial charge in [-0.3, -0.25) is 0 Å². The van der Waals surface area contributed by atoms with Crippen molar-refractivity contribution in [2.24, 2.45) is 0 Å². The van der Waals surface area contributed by atoms with E-state index in [1.807, 2.05) is 6.92 Å². The lowest BCUT2D eigenvalue weighted by atomic mass is 10.0. The van der Waals surface area contributed by atoms with Crippen LogP contribution in [0.5, 0.6) is 5.75 Å². The monoisotopic (exact) mass is 332 g/mol. The van der Waals surface area contributed by atoms with Gasteiger partial charge in [0.15, 0.2) is 0 Å². The first-order valence-electron chi connectivity index (χ1n) is 6.04. The van der Waals surface area contributed by atoms with Gasteiger partial charge in [-0.05, 0) is 24.6 Å². The van der Waals surface area contributed by atoms with Crippen molar-refractivity contribution in [3.63, 3.8) is 0 Å². The van der Waals surface area contributed by atoms with Gasteiger partial charge in [0.25, 0.3) is 0 Å². The highest BCUT2D eigenvalue weighted by atomic mass is 35.5. The van der Waals surface area contributed by atoms with Crippen molar-refractivity contribution < 1.29 is 9.13 Å². The Kier molecular flexibility index (Phi) is 5.14. The molecule has 0 bridgehead atoms. The van der Waals surface area contributed by atoms with Crippen LogP contribution in [0.3, 0.4) is 0 Å². The summed E-state index contributed by atoms with van der Waals surface area (Å²) in [7, 11) is 0. The lowest BCUT2D eigenvalue weighted by Gasteiger charge is -2.15. The second-order valence-corrected chi connectivity index (χ2v) is 5.37. The number of ether oxygens (including phenoxy) is 1. The SMILES string of the molecule is CCOc1cc(Cl)c(C(Cl)c2ccccc2F)cc1Cl. The van der Waals surface area contributed by atoms with E-state index in [1.165, 1.54) is 6.07 Å². The van der Waals surface area contributed by atoms with Gasteiger partial charge in [-0.15, -0.1) is 11.6 Å². The zero-order valence-corrected chi connectivity index (χ0v) is 12.9. The van der Waals surface area contributed by atoms with Gasteiger partial charge in [0, 0.05) is 16.7 Å². The standard InChI is InChI=1S/C15H12Cl3FO/c1-2-20-14-8-11(16)10(7-12(14)17)15(18)9-5-3-4-6-13(9)19/h3-8,15H,2H2,1H3. The van der Waals surface area contributed by atoms with Crippen molar-refractivity contribution in [2.45, 2.75) is 12.3 Å². The highest BCUT2D eigenvalue weighted by Gasteiger charge is 2.19. The molecule has 0 heterocycles. The third-order valence-corrected chi connectivity index (χ3v) is 3.90. The Bertz CT molecular complexity index is 616. The Morgan fingerprint density at radius 3 is 2.45 bits per heavy atom. The van der Waals surface area contributed by atoms with Gasteiger partial charge in [0.2, 0.25) is 0 Å². The van der Waals surface area contributed by atoms with E-state index in [0.717, 1.165) is 0 Å². The molecule has 2 rings (SSSR count). The van der Waals surface area contributed by atoms with Crippen molar-refractivity contribution in [1.82, 2.24) is 0 Å². The summed E-state index contributed by atoms with van der Waals surface area (Å²) in [4.78, 5) is 0. The highest BCUT2D eigenvalue weighted by molar-refractivity contribution is 6.36. The van der Waals surface area contributed by atoms with Crippen LogP contribution < -0.4 is 4.74 Å². The molecule has 0 aliphatic carbocycles. The average Bonchev–Trinajstić information content (AvgIpc) is 2.42. The first kappa shape index (κ1) is 15.4. The van der Waals surface area contributed by atoms with Crippen LogP contribution in [0.1, 0.15) is 23.4 Å². The molecular formula is C15H12Cl3FO. The lowest BCUT2D eigenvalue weighted by molar-refractivity contribution is 0.340. The van der Waals surface area contributed by atoms with Crippen molar-refractivity contribution in [3.05, 3.63) is 63.4 Å². The minimum absolute atomic E-state index is 0.358. The van der Waals surface area contributed by atoms with Crippen LogP contribution >= 0.6 is 34.8 Å². The Labute approximate surface area is 132 Å². The smallest absolute Gasteiger partial charge is 0.139 e. The van der Waals surface area contributed by atoms with Crippen LogP contribution in [0.15, 0.2) is 36.4 Å². The summed E-state index contributed by atoms with van der Waals surface area (Å²) in [6, 6.07) is 9.51. The van der Waals surface area contributed by atoms with Gasteiger partial charge in [-0.25, -0.2) is 4.39 Å². The molecule has 0 saturated heterocycles. The number of halogens is 4. The molecule has 0 aliphatic heterocycles. The van der Waals surface area contributed by atoms with Crippen LogP contribution in [0, 0.1) is 5.82 Å². The average molecular weight is 334 g/mol. The third kappa shape index (κ3) is 3.20. The zero-order valence-electron chi connectivity index (χ0n) is 10.7. The maximum Gasteiger partial charge on any atom is 0.139 e. The van der Waals surface area contributed by atoms with Gasteiger partial charge in [0.1, 0.15) is 11.6 Å². The van der Waals surface area contributed by atoms with Crippen LogP contribution in [-0.2, 0) is 0 Å². The fourth-order valence-corrected chi connectivity index (χ4v) is 2.76. The van der Waals surface area contributed by atoms with E-state index in [0.29, 0.717) is 33.5 Å². The van der Waals surface area contributed by atoms with E-state index in [4.69, 9.17) is 39.5 Å². The van der Waals surface area contributed by atoms with Gasteiger partial charge in [0.05, 0.1) is 17.0 Å². The molecule has 0 aliphatic rings. The summed E-state index contributed by atoms with van der Waals surface area (Å²) >= 11 is 18.6.